The van der Waals surface area contributed by atoms with Crippen molar-refractivity contribution < 1.29 is 19.1 Å². The first kappa shape index (κ1) is 14.4. The summed E-state index contributed by atoms with van der Waals surface area (Å²) in [6.07, 6.45) is 4.50. The zero-order valence-electron chi connectivity index (χ0n) is 11.2. The SMILES string of the molecule is Nc1ncnc2c1ncn2C(COCP(=O)(O)O)C1CC1. The lowest BCUT2D eigenvalue weighted by molar-refractivity contribution is 0.117. The molecular formula is C11H16N5O4P. The molecule has 9 nitrogen and oxygen atoms in total. The number of ether oxygens (including phenoxy) is 1. The highest BCUT2D eigenvalue weighted by Gasteiger charge is 2.34. The number of fused-ring (bicyclic) bond motifs is 1. The molecule has 1 atom stereocenters. The van der Waals surface area contributed by atoms with E-state index in [1.54, 1.807) is 6.33 Å². The molecule has 1 aliphatic rings. The number of aromatic nitrogens is 4. The van der Waals surface area contributed by atoms with Gasteiger partial charge in [-0.3, -0.25) is 4.57 Å². The van der Waals surface area contributed by atoms with Crippen LogP contribution >= 0.6 is 7.60 Å². The van der Waals surface area contributed by atoms with Crippen molar-refractivity contribution in [2.45, 2.75) is 18.9 Å². The van der Waals surface area contributed by atoms with Crippen LogP contribution in [0.4, 0.5) is 5.82 Å². The van der Waals surface area contributed by atoms with Crippen LogP contribution in [0.3, 0.4) is 0 Å². The third-order valence-corrected chi connectivity index (χ3v) is 3.98. The second kappa shape index (κ2) is 5.34. The van der Waals surface area contributed by atoms with Gasteiger partial charge in [-0.2, -0.15) is 0 Å². The average Bonchev–Trinajstić information content (AvgIpc) is 3.14. The Morgan fingerprint density at radius 1 is 1.43 bits per heavy atom. The standard InChI is InChI=1S/C11H16N5O4P/c12-10-9-11(14-4-13-10)16(5-15-9)8(7-1-2-7)3-20-6-21(17,18)19/h4-5,7-8H,1-3,6H2,(H2,12,13,14)(H2,17,18,19). The first-order valence-electron chi connectivity index (χ1n) is 6.51. The fraction of sp³-hybridized carbons (Fsp3) is 0.545. The Hall–Kier alpha value is -1.54. The van der Waals surface area contributed by atoms with E-state index in [0.29, 0.717) is 22.9 Å². The molecule has 0 spiro atoms. The summed E-state index contributed by atoms with van der Waals surface area (Å²) in [5, 5.41) is 0. The molecule has 0 bridgehead atoms. The van der Waals surface area contributed by atoms with Crippen LogP contribution in [0.2, 0.25) is 0 Å². The van der Waals surface area contributed by atoms with Gasteiger partial charge < -0.3 is 24.8 Å². The number of nitrogen functional groups attached to an aromatic ring is 1. The number of anilines is 1. The highest BCUT2D eigenvalue weighted by atomic mass is 31.2. The number of hydrogen-bond acceptors (Lipinski definition) is 6. The van der Waals surface area contributed by atoms with E-state index in [1.807, 2.05) is 4.57 Å². The van der Waals surface area contributed by atoms with Gasteiger partial charge in [-0.05, 0) is 18.8 Å². The Balaban J connectivity index is 1.83. The zero-order valence-corrected chi connectivity index (χ0v) is 12.1. The molecule has 1 fully saturated rings. The van der Waals surface area contributed by atoms with Crippen LogP contribution in [0.15, 0.2) is 12.7 Å². The van der Waals surface area contributed by atoms with E-state index in [9.17, 15) is 4.57 Å². The predicted octanol–water partition coefficient (Wildman–Crippen LogP) is 0.511. The maximum absolute atomic E-state index is 10.9. The first-order chi connectivity index (χ1) is 9.96. The summed E-state index contributed by atoms with van der Waals surface area (Å²) in [7, 11) is -4.16. The number of nitrogens with zero attached hydrogens (tertiary/aromatic N) is 4. The minimum Gasteiger partial charge on any atom is -0.382 e. The smallest absolute Gasteiger partial charge is 0.350 e. The third kappa shape index (κ3) is 3.21. The molecule has 0 amide bonds. The Morgan fingerprint density at radius 2 is 2.19 bits per heavy atom. The molecule has 2 aromatic heterocycles. The largest absolute Gasteiger partial charge is 0.382 e. The van der Waals surface area contributed by atoms with Gasteiger partial charge in [-0.1, -0.05) is 0 Å². The van der Waals surface area contributed by atoms with Gasteiger partial charge in [-0.25, -0.2) is 15.0 Å². The molecule has 1 saturated carbocycles. The van der Waals surface area contributed by atoms with Crippen molar-refractivity contribution in [3.63, 3.8) is 0 Å². The maximum Gasteiger partial charge on any atom is 0.350 e. The van der Waals surface area contributed by atoms with Crippen LogP contribution in [0.1, 0.15) is 18.9 Å². The first-order valence-corrected chi connectivity index (χ1v) is 8.31. The van der Waals surface area contributed by atoms with E-state index < -0.39 is 13.9 Å². The topological polar surface area (TPSA) is 136 Å². The molecule has 0 radical (unpaired) electrons. The van der Waals surface area contributed by atoms with Gasteiger partial charge in [0.1, 0.15) is 18.2 Å². The number of hydrogen-bond donors (Lipinski definition) is 3. The summed E-state index contributed by atoms with van der Waals surface area (Å²) < 4.78 is 17.9. The van der Waals surface area contributed by atoms with E-state index in [2.05, 4.69) is 15.0 Å². The van der Waals surface area contributed by atoms with Gasteiger partial charge >= 0.3 is 7.60 Å². The Labute approximate surface area is 120 Å². The summed E-state index contributed by atoms with van der Waals surface area (Å²) in [4.78, 5) is 30.0. The van der Waals surface area contributed by atoms with Crippen molar-refractivity contribution in [1.29, 1.82) is 0 Å². The Kier molecular flexibility index (Phi) is 3.66. The summed E-state index contributed by atoms with van der Waals surface area (Å²) >= 11 is 0. The average molecular weight is 313 g/mol. The Morgan fingerprint density at radius 3 is 2.86 bits per heavy atom. The molecule has 2 aromatic rings. The van der Waals surface area contributed by atoms with Crippen LogP contribution in [0, 0.1) is 5.92 Å². The van der Waals surface area contributed by atoms with E-state index in [-0.39, 0.29) is 12.6 Å². The van der Waals surface area contributed by atoms with E-state index in [0.717, 1.165) is 12.8 Å². The quantitative estimate of drug-likeness (QED) is 0.656. The lowest BCUT2D eigenvalue weighted by Gasteiger charge is -2.18. The molecule has 114 valence electrons. The minimum absolute atomic E-state index is 0.0594. The molecule has 1 aliphatic carbocycles. The second-order valence-electron chi connectivity index (χ2n) is 5.15. The number of imidazole rings is 1. The summed E-state index contributed by atoms with van der Waals surface area (Å²) in [5.41, 5.74) is 6.89. The molecule has 2 heterocycles. The highest BCUT2D eigenvalue weighted by molar-refractivity contribution is 7.51. The molecule has 0 saturated heterocycles. The molecule has 21 heavy (non-hydrogen) atoms. The monoisotopic (exact) mass is 313 g/mol. The van der Waals surface area contributed by atoms with Crippen LogP contribution in [0.25, 0.3) is 11.2 Å². The van der Waals surface area contributed by atoms with Gasteiger partial charge in [0.05, 0.1) is 19.0 Å². The Bertz CT molecular complexity index is 695. The summed E-state index contributed by atoms with van der Waals surface area (Å²) in [6, 6.07) is -0.0594. The normalized spacial score (nSPS) is 17.2. The summed E-state index contributed by atoms with van der Waals surface area (Å²) in [5.74, 6) is 0.708. The molecule has 3 rings (SSSR count). The third-order valence-electron chi connectivity index (χ3n) is 3.46. The van der Waals surface area contributed by atoms with E-state index in [1.165, 1.54) is 6.33 Å². The predicted molar refractivity (Wildman–Crippen MR) is 74.4 cm³/mol. The number of rotatable bonds is 6. The molecule has 0 aromatic carbocycles. The molecule has 1 unspecified atom stereocenters. The molecule has 4 N–H and O–H groups in total. The molecule has 10 heteroatoms. The van der Waals surface area contributed by atoms with Crippen molar-refractivity contribution in [3.05, 3.63) is 12.7 Å². The molecule has 0 aliphatic heterocycles. The van der Waals surface area contributed by atoms with E-state index >= 15 is 0 Å². The highest BCUT2D eigenvalue weighted by Crippen LogP contribution is 2.42. The van der Waals surface area contributed by atoms with Crippen molar-refractivity contribution in [3.8, 4) is 0 Å². The van der Waals surface area contributed by atoms with Gasteiger partial charge in [0.2, 0.25) is 0 Å². The minimum atomic E-state index is -4.16. The lowest BCUT2D eigenvalue weighted by Crippen LogP contribution is -2.18. The lowest BCUT2D eigenvalue weighted by atomic mass is 10.2. The molecular weight excluding hydrogens is 297 g/mol. The van der Waals surface area contributed by atoms with Crippen molar-refractivity contribution >= 4 is 24.6 Å². The second-order valence-corrected chi connectivity index (χ2v) is 6.74. The number of nitrogens with two attached hydrogens (primary N) is 1. The van der Waals surface area contributed by atoms with Gasteiger partial charge in [0, 0.05) is 0 Å². The van der Waals surface area contributed by atoms with Crippen LogP contribution in [-0.4, -0.2) is 42.3 Å². The van der Waals surface area contributed by atoms with Gasteiger partial charge in [0.15, 0.2) is 11.5 Å². The van der Waals surface area contributed by atoms with Crippen LogP contribution in [-0.2, 0) is 9.30 Å². The zero-order chi connectivity index (χ0) is 15.0. The van der Waals surface area contributed by atoms with Crippen molar-refractivity contribution in [1.82, 2.24) is 19.5 Å². The van der Waals surface area contributed by atoms with Crippen molar-refractivity contribution in [2.24, 2.45) is 5.92 Å². The maximum atomic E-state index is 10.9. The van der Waals surface area contributed by atoms with E-state index in [4.69, 9.17) is 20.3 Å². The van der Waals surface area contributed by atoms with Crippen molar-refractivity contribution in [2.75, 3.05) is 18.7 Å². The van der Waals surface area contributed by atoms with Gasteiger partial charge in [0.25, 0.3) is 0 Å². The van der Waals surface area contributed by atoms with Crippen LogP contribution in [0.5, 0.6) is 0 Å². The van der Waals surface area contributed by atoms with Gasteiger partial charge in [-0.15, -0.1) is 0 Å². The summed E-state index contributed by atoms with van der Waals surface area (Å²) in [6.45, 7) is 0.200. The fourth-order valence-electron chi connectivity index (χ4n) is 2.33. The van der Waals surface area contributed by atoms with Crippen LogP contribution < -0.4 is 5.73 Å². The fourth-order valence-corrected chi connectivity index (χ4v) is 2.67.